The molecule has 8 heteroatoms. The summed E-state index contributed by atoms with van der Waals surface area (Å²) in [6.07, 6.45) is 5.38. The highest BCUT2D eigenvalue weighted by atomic mass is 16.5. The highest BCUT2D eigenvalue weighted by Gasteiger charge is 2.36. The fraction of sp³-hybridized carbons (Fsp3) is 0.321. The Bertz CT molecular complexity index is 1180. The molecule has 1 unspecified atom stereocenters. The van der Waals surface area contributed by atoms with E-state index in [0.29, 0.717) is 16.8 Å². The van der Waals surface area contributed by atoms with Gasteiger partial charge in [0.05, 0.1) is 18.9 Å². The minimum atomic E-state index is -0.955. The molecule has 188 valence electrons. The van der Waals surface area contributed by atoms with Crippen molar-refractivity contribution in [3.63, 3.8) is 0 Å². The summed E-state index contributed by atoms with van der Waals surface area (Å²) in [6, 6.07) is 16.3. The second-order valence-electron chi connectivity index (χ2n) is 9.07. The number of amides is 2. The van der Waals surface area contributed by atoms with Gasteiger partial charge in [0, 0.05) is 31.5 Å². The van der Waals surface area contributed by atoms with E-state index in [4.69, 9.17) is 9.15 Å². The third-order valence-electron chi connectivity index (χ3n) is 6.45. The molecule has 0 saturated heterocycles. The summed E-state index contributed by atoms with van der Waals surface area (Å²) in [7, 11) is 5.19. The van der Waals surface area contributed by atoms with Crippen LogP contribution in [-0.4, -0.2) is 45.0 Å². The number of esters is 1. The first-order valence-electron chi connectivity index (χ1n) is 12.0. The predicted octanol–water partition coefficient (Wildman–Crippen LogP) is 4.58. The van der Waals surface area contributed by atoms with E-state index >= 15 is 0 Å². The molecule has 1 saturated carbocycles. The Hall–Kier alpha value is -4.07. The minimum Gasteiger partial charge on any atom is -0.465 e. The highest BCUT2D eigenvalue weighted by Crippen LogP contribution is 2.32. The molecule has 1 aliphatic carbocycles. The molecular formula is C28H31N3O5. The monoisotopic (exact) mass is 489 g/mol. The summed E-state index contributed by atoms with van der Waals surface area (Å²) in [6.45, 7) is 0. The maximum Gasteiger partial charge on any atom is 0.337 e. The van der Waals surface area contributed by atoms with Crippen molar-refractivity contribution in [2.45, 2.75) is 37.8 Å². The molecule has 1 atom stereocenters. The molecule has 1 aromatic heterocycles. The average molecular weight is 490 g/mol. The molecule has 2 amide bonds. The summed E-state index contributed by atoms with van der Waals surface area (Å²) in [5, 5.41) is 3.16. The zero-order valence-corrected chi connectivity index (χ0v) is 20.8. The van der Waals surface area contributed by atoms with Crippen LogP contribution in [0.2, 0.25) is 0 Å². The van der Waals surface area contributed by atoms with Gasteiger partial charge >= 0.3 is 5.97 Å². The SMILES string of the molecule is COC(=O)c1ccc(N(C(=O)c2ccco2)C(C(=O)NC2CCCC2)c2ccc(N(C)C)cc2)cc1. The van der Waals surface area contributed by atoms with E-state index in [2.05, 4.69) is 5.32 Å². The summed E-state index contributed by atoms with van der Waals surface area (Å²) in [5.41, 5.74) is 2.43. The molecule has 1 N–H and O–H groups in total. The Morgan fingerprint density at radius 2 is 1.58 bits per heavy atom. The van der Waals surface area contributed by atoms with Gasteiger partial charge in [-0.3, -0.25) is 14.5 Å². The van der Waals surface area contributed by atoms with Gasteiger partial charge in [-0.1, -0.05) is 25.0 Å². The highest BCUT2D eigenvalue weighted by molar-refractivity contribution is 6.09. The number of benzene rings is 2. The van der Waals surface area contributed by atoms with Gasteiger partial charge in [0.25, 0.3) is 5.91 Å². The van der Waals surface area contributed by atoms with Crippen molar-refractivity contribution in [1.29, 1.82) is 0 Å². The molecule has 1 heterocycles. The molecular weight excluding hydrogens is 458 g/mol. The lowest BCUT2D eigenvalue weighted by atomic mass is 10.0. The van der Waals surface area contributed by atoms with E-state index in [1.54, 1.807) is 36.4 Å². The number of anilines is 2. The van der Waals surface area contributed by atoms with Crippen molar-refractivity contribution in [3.8, 4) is 0 Å². The van der Waals surface area contributed by atoms with Crippen LogP contribution in [-0.2, 0) is 9.53 Å². The van der Waals surface area contributed by atoms with Crippen LogP contribution in [0.25, 0.3) is 0 Å². The predicted molar refractivity (Wildman–Crippen MR) is 137 cm³/mol. The number of furan rings is 1. The summed E-state index contributed by atoms with van der Waals surface area (Å²) in [5.74, 6) is -1.11. The first-order chi connectivity index (χ1) is 17.4. The summed E-state index contributed by atoms with van der Waals surface area (Å²) >= 11 is 0. The van der Waals surface area contributed by atoms with Crippen molar-refractivity contribution in [2.24, 2.45) is 0 Å². The van der Waals surface area contributed by atoms with Gasteiger partial charge in [-0.2, -0.15) is 0 Å². The van der Waals surface area contributed by atoms with Crippen LogP contribution in [0.3, 0.4) is 0 Å². The third kappa shape index (κ3) is 5.43. The van der Waals surface area contributed by atoms with Gasteiger partial charge in [-0.05, 0) is 66.9 Å². The van der Waals surface area contributed by atoms with Gasteiger partial charge in [0.1, 0.15) is 6.04 Å². The fourth-order valence-electron chi connectivity index (χ4n) is 4.50. The van der Waals surface area contributed by atoms with Gasteiger partial charge in [0.2, 0.25) is 5.91 Å². The molecule has 8 nitrogen and oxygen atoms in total. The van der Waals surface area contributed by atoms with E-state index in [1.165, 1.54) is 18.3 Å². The molecule has 0 radical (unpaired) electrons. The smallest absolute Gasteiger partial charge is 0.337 e. The van der Waals surface area contributed by atoms with E-state index in [0.717, 1.165) is 31.4 Å². The normalized spacial score (nSPS) is 14.2. The first kappa shape index (κ1) is 25.0. The number of rotatable bonds is 8. The average Bonchev–Trinajstić information content (AvgIpc) is 3.61. The van der Waals surface area contributed by atoms with Crippen molar-refractivity contribution >= 4 is 29.2 Å². The van der Waals surface area contributed by atoms with Gasteiger partial charge in [0.15, 0.2) is 5.76 Å². The Morgan fingerprint density at radius 3 is 2.14 bits per heavy atom. The molecule has 0 spiro atoms. The third-order valence-corrected chi connectivity index (χ3v) is 6.45. The number of carbonyl (C=O) groups excluding carboxylic acids is 3. The molecule has 1 aliphatic rings. The van der Waals surface area contributed by atoms with Crippen LogP contribution in [0.5, 0.6) is 0 Å². The van der Waals surface area contributed by atoms with Gasteiger partial charge in [-0.25, -0.2) is 4.79 Å². The molecule has 4 rings (SSSR count). The fourth-order valence-corrected chi connectivity index (χ4v) is 4.50. The second kappa shape index (κ2) is 11.1. The largest absolute Gasteiger partial charge is 0.465 e. The Morgan fingerprint density at radius 1 is 0.944 bits per heavy atom. The van der Waals surface area contributed by atoms with E-state index in [9.17, 15) is 14.4 Å². The van der Waals surface area contributed by atoms with Crippen LogP contribution < -0.4 is 15.1 Å². The second-order valence-corrected chi connectivity index (χ2v) is 9.07. The Kier molecular flexibility index (Phi) is 7.73. The van der Waals surface area contributed by atoms with Crippen LogP contribution >= 0.6 is 0 Å². The van der Waals surface area contributed by atoms with Gasteiger partial charge in [-0.15, -0.1) is 0 Å². The number of hydrogen-bond donors (Lipinski definition) is 1. The van der Waals surface area contributed by atoms with Gasteiger partial charge < -0.3 is 19.4 Å². The van der Waals surface area contributed by atoms with Crippen LogP contribution in [0.4, 0.5) is 11.4 Å². The van der Waals surface area contributed by atoms with Crippen LogP contribution in [0.15, 0.2) is 71.3 Å². The standard InChI is InChI=1S/C28H31N3O5/c1-30(2)22-14-10-19(11-15-22)25(26(32)29-21-7-4-5-8-21)31(27(33)24-9-6-18-36-24)23-16-12-20(13-17-23)28(34)35-3/h6,9-18,21,25H,4-5,7-8H2,1-3H3,(H,29,32). The van der Waals surface area contributed by atoms with Crippen molar-refractivity contribution < 1.29 is 23.5 Å². The van der Waals surface area contributed by atoms with Crippen LogP contribution in [0.1, 0.15) is 58.2 Å². The molecule has 36 heavy (non-hydrogen) atoms. The molecule has 1 fully saturated rings. The zero-order valence-electron chi connectivity index (χ0n) is 20.8. The number of ether oxygens (including phenoxy) is 1. The number of hydrogen-bond acceptors (Lipinski definition) is 6. The lowest BCUT2D eigenvalue weighted by Gasteiger charge is -2.32. The van der Waals surface area contributed by atoms with E-state index in [-0.39, 0.29) is 17.7 Å². The number of carbonyl (C=O) groups is 3. The summed E-state index contributed by atoms with van der Waals surface area (Å²) < 4.78 is 10.2. The molecule has 3 aromatic rings. The molecule has 2 aromatic carbocycles. The van der Waals surface area contributed by atoms with Crippen molar-refractivity contribution in [2.75, 3.05) is 31.0 Å². The molecule has 0 bridgehead atoms. The minimum absolute atomic E-state index is 0.0725. The quantitative estimate of drug-likeness (QED) is 0.466. The van der Waals surface area contributed by atoms with Crippen molar-refractivity contribution in [3.05, 3.63) is 83.8 Å². The summed E-state index contributed by atoms with van der Waals surface area (Å²) in [4.78, 5) is 42.9. The Labute approximate surface area is 210 Å². The van der Waals surface area contributed by atoms with E-state index < -0.39 is 17.9 Å². The van der Waals surface area contributed by atoms with Crippen LogP contribution in [0, 0.1) is 0 Å². The number of nitrogens with one attached hydrogen (secondary N) is 1. The number of nitrogens with zero attached hydrogens (tertiary/aromatic N) is 2. The topological polar surface area (TPSA) is 92.1 Å². The lowest BCUT2D eigenvalue weighted by Crippen LogP contribution is -2.46. The Balaban J connectivity index is 1.80. The zero-order chi connectivity index (χ0) is 25.7. The lowest BCUT2D eigenvalue weighted by molar-refractivity contribution is -0.123. The molecule has 0 aliphatic heterocycles. The van der Waals surface area contributed by atoms with Crippen molar-refractivity contribution in [1.82, 2.24) is 5.32 Å². The number of methoxy groups -OCH3 is 1. The first-order valence-corrected chi connectivity index (χ1v) is 12.0. The van der Waals surface area contributed by atoms with E-state index in [1.807, 2.05) is 43.3 Å². The maximum absolute atomic E-state index is 13.8. The maximum atomic E-state index is 13.8.